The van der Waals surface area contributed by atoms with Gasteiger partial charge in [-0.1, -0.05) is 131 Å². The lowest BCUT2D eigenvalue weighted by Gasteiger charge is -2.28. The Kier molecular flexibility index (Phi) is 27.1. The van der Waals surface area contributed by atoms with Gasteiger partial charge in [-0.05, 0) is 12.8 Å². The second-order valence-corrected chi connectivity index (χ2v) is 13.7. The third-order valence-electron chi connectivity index (χ3n) is 7.39. The van der Waals surface area contributed by atoms with Gasteiger partial charge in [0.25, 0.3) is 0 Å². The summed E-state index contributed by atoms with van der Waals surface area (Å²) >= 11 is 0. The molecule has 1 amide bonds. The van der Waals surface area contributed by atoms with E-state index in [1.54, 1.807) is 7.11 Å². The lowest BCUT2D eigenvalue weighted by molar-refractivity contribution is -0.0317. The summed E-state index contributed by atoms with van der Waals surface area (Å²) in [4.78, 5) is 12.5. The maximum Gasteiger partial charge on any atom is 0.407 e. The molecule has 0 spiro atoms. The molecule has 0 aliphatic rings. The van der Waals surface area contributed by atoms with Crippen molar-refractivity contribution in [3.63, 3.8) is 0 Å². The topological polar surface area (TPSA) is 75.3 Å². The van der Waals surface area contributed by atoms with Crippen molar-refractivity contribution in [3.05, 3.63) is 0 Å². The zero-order valence-corrected chi connectivity index (χ0v) is 29.0. The molecule has 0 aromatic carbocycles. The summed E-state index contributed by atoms with van der Waals surface area (Å²) in [5.41, 5.74) is -0.338. The number of carbonyl (C=O) groups is 1. The molecule has 0 aliphatic heterocycles. The summed E-state index contributed by atoms with van der Waals surface area (Å²) in [7, 11) is 1.70. The van der Waals surface area contributed by atoms with E-state index in [0.29, 0.717) is 39.6 Å². The standard InChI is InChI=1S/C35H71NO6/c1-8-10-12-14-16-18-20-22-24-39-27-32(41-25-23-21-19-17-15-13-11-9-2)26-36-33(37)42-31-35(5,6)30-40-29-34(3,4)28-38-7/h32H,8-31H2,1-7H3,(H,36,37). The second kappa shape index (κ2) is 27.6. The molecule has 0 aromatic heterocycles. The van der Waals surface area contributed by atoms with E-state index in [9.17, 15) is 4.79 Å². The number of alkyl carbamates (subject to hydrolysis) is 1. The Labute approximate surface area is 260 Å². The Morgan fingerprint density at radius 3 is 1.62 bits per heavy atom. The summed E-state index contributed by atoms with van der Waals surface area (Å²) in [5.74, 6) is 0. The third-order valence-corrected chi connectivity index (χ3v) is 7.39. The van der Waals surface area contributed by atoms with Crippen LogP contribution in [0.1, 0.15) is 144 Å². The van der Waals surface area contributed by atoms with Gasteiger partial charge in [0.15, 0.2) is 0 Å². The van der Waals surface area contributed by atoms with Crippen LogP contribution in [0.5, 0.6) is 0 Å². The zero-order chi connectivity index (χ0) is 31.4. The number of ether oxygens (including phenoxy) is 5. The highest BCUT2D eigenvalue weighted by molar-refractivity contribution is 5.67. The number of methoxy groups -OCH3 is 1. The third kappa shape index (κ3) is 27.9. The molecule has 42 heavy (non-hydrogen) atoms. The highest BCUT2D eigenvalue weighted by Crippen LogP contribution is 2.20. The van der Waals surface area contributed by atoms with Crippen LogP contribution in [0.15, 0.2) is 0 Å². The summed E-state index contributed by atoms with van der Waals surface area (Å²) in [6.45, 7) is 17.1. The van der Waals surface area contributed by atoms with Crippen molar-refractivity contribution in [2.75, 3.05) is 59.9 Å². The molecule has 0 rings (SSSR count). The summed E-state index contributed by atoms with van der Waals surface area (Å²) in [6.07, 6.45) is 19.8. The van der Waals surface area contributed by atoms with Gasteiger partial charge in [-0.2, -0.15) is 0 Å². The molecule has 0 heterocycles. The van der Waals surface area contributed by atoms with Crippen molar-refractivity contribution in [3.8, 4) is 0 Å². The molecule has 0 aliphatic carbocycles. The van der Waals surface area contributed by atoms with Crippen LogP contribution in [0.4, 0.5) is 4.79 Å². The first kappa shape index (κ1) is 41.1. The van der Waals surface area contributed by atoms with Crippen molar-refractivity contribution in [1.82, 2.24) is 5.32 Å². The minimum absolute atomic E-state index is 0.0526. The molecule has 1 N–H and O–H groups in total. The number of unbranched alkanes of at least 4 members (excludes halogenated alkanes) is 14. The Morgan fingerprint density at radius 1 is 0.619 bits per heavy atom. The van der Waals surface area contributed by atoms with Gasteiger partial charge in [0.2, 0.25) is 0 Å². The number of hydrogen-bond acceptors (Lipinski definition) is 6. The average molecular weight is 602 g/mol. The predicted octanol–water partition coefficient (Wildman–Crippen LogP) is 9.11. The van der Waals surface area contributed by atoms with Crippen LogP contribution in [0, 0.1) is 10.8 Å². The van der Waals surface area contributed by atoms with E-state index in [-0.39, 0.29) is 23.5 Å². The maximum absolute atomic E-state index is 12.5. The quantitative estimate of drug-likeness (QED) is 0.0799. The van der Waals surface area contributed by atoms with Gasteiger partial charge < -0.3 is 29.0 Å². The van der Waals surface area contributed by atoms with Gasteiger partial charge in [0, 0.05) is 37.7 Å². The van der Waals surface area contributed by atoms with Crippen molar-refractivity contribution in [2.24, 2.45) is 10.8 Å². The van der Waals surface area contributed by atoms with Crippen molar-refractivity contribution in [2.45, 2.75) is 150 Å². The largest absolute Gasteiger partial charge is 0.449 e. The van der Waals surface area contributed by atoms with Crippen LogP contribution in [0.2, 0.25) is 0 Å². The van der Waals surface area contributed by atoms with Crippen LogP contribution in [0.25, 0.3) is 0 Å². The van der Waals surface area contributed by atoms with E-state index in [2.05, 4.69) is 33.0 Å². The van der Waals surface area contributed by atoms with Crippen LogP contribution in [0.3, 0.4) is 0 Å². The first-order chi connectivity index (χ1) is 20.2. The van der Waals surface area contributed by atoms with E-state index < -0.39 is 6.09 Å². The number of nitrogens with one attached hydrogen (secondary N) is 1. The Balaban J connectivity index is 4.36. The zero-order valence-electron chi connectivity index (χ0n) is 29.0. The van der Waals surface area contributed by atoms with Gasteiger partial charge in [-0.25, -0.2) is 4.79 Å². The minimum atomic E-state index is -0.424. The lowest BCUT2D eigenvalue weighted by Crippen LogP contribution is -2.39. The van der Waals surface area contributed by atoms with Crippen LogP contribution in [-0.2, 0) is 23.7 Å². The molecule has 0 saturated heterocycles. The summed E-state index contributed by atoms with van der Waals surface area (Å²) in [5, 5.41) is 2.90. The highest BCUT2D eigenvalue weighted by Gasteiger charge is 2.24. The molecule has 0 saturated carbocycles. The summed E-state index contributed by atoms with van der Waals surface area (Å²) < 4.78 is 28.8. The van der Waals surface area contributed by atoms with E-state index in [4.69, 9.17) is 23.7 Å². The highest BCUT2D eigenvalue weighted by atomic mass is 16.6. The number of carbonyl (C=O) groups excluding carboxylic acids is 1. The molecular formula is C35H71NO6. The number of hydrogen-bond donors (Lipinski definition) is 1. The van der Waals surface area contributed by atoms with Crippen LogP contribution >= 0.6 is 0 Å². The van der Waals surface area contributed by atoms with Gasteiger partial charge in [0.05, 0.1) is 32.5 Å². The fraction of sp³-hybridized carbons (Fsp3) is 0.971. The Hall–Kier alpha value is -0.890. The molecular weight excluding hydrogens is 530 g/mol. The molecule has 1 unspecified atom stereocenters. The minimum Gasteiger partial charge on any atom is -0.449 e. The predicted molar refractivity (Wildman–Crippen MR) is 175 cm³/mol. The van der Waals surface area contributed by atoms with Crippen molar-refractivity contribution >= 4 is 6.09 Å². The Morgan fingerprint density at radius 2 is 1.10 bits per heavy atom. The van der Waals surface area contributed by atoms with Gasteiger partial charge in [0.1, 0.15) is 6.61 Å². The summed E-state index contributed by atoms with van der Waals surface area (Å²) in [6, 6.07) is 0. The van der Waals surface area contributed by atoms with Gasteiger partial charge >= 0.3 is 6.09 Å². The van der Waals surface area contributed by atoms with Crippen molar-refractivity contribution in [1.29, 1.82) is 0 Å². The lowest BCUT2D eigenvalue weighted by atomic mass is 9.94. The van der Waals surface area contributed by atoms with E-state index in [1.165, 1.54) is 89.9 Å². The fourth-order valence-corrected chi connectivity index (χ4v) is 4.79. The molecule has 252 valence electrons. The molecule has 1 atom stereocenters. The van der Waals surface area contributed by atoms with Gasteiger partial charge in [-0.3, -0.25) is 0 Å². The maximum atomic E-state index is 12.5. The monoisotopic (exact) mass is 602 g/mol. The van der Waals surface area contributed by atoms with E-state index in [0.717, 1.165) is 19.4 Å². The number of amides is 1. The smallest absolute Gasteiger partial charge is 0.407 e. The fourth-order valence-electron chi connectivity index (χ4n) is 4.79. The van der Waals surface area contributed by atoms with Gasteiger partial charge in [-0.15, -0.1) is 0 Å². The normalized spacial score (nSPS) is 12.9. The molecule has 7 nitrogen and oxygen atoms in total. The number of rotatable bonds is 31. The van der Waals surface area contributed by atoms with Crippen LogP contribution < -0.4 is 5.32 Å². The molecule has 0 fully saturated rings. The SMILES string of the molecule is CCCCCCCCCCOCC(CNC(=O)OCC(C)(C)COCC(C)(C)COC)OCCCCCCCCCC. The second-order valence-electron chi connectivity index (χ2n) is 13.7. The molecule has 0 bridgehead atoms. The van der Waals surface area contributed by atoms with Crippen molar-refractivity contribution < 1.29 is 28.5 Å². The molecule has 0 radical (unpaired) electrons. The first-order valence-corrected chi connectivity index (χ1v) is 17.3. The average Bonchev–Trinajstić information content (AvgIpc) is 2.94. The first-order valence-electron chi connectivity index (χ1n) is 17.3. The molecule has 7 heteroatoms. The Bertz CT molecular complexity index is 598. The van der Waals surface area contributed by atoms with E-state index in [1.807, 2.05) is 13.8 Å². The molecule has 0 aromatic rings. The van der Waals surface area contributed by atoms with E-state index >= 15 is 0 Å². The van der Waals surface area contributed by atoms with Crippen LogP contribution in [-0.4, -0.2) is 72.1 Å².